The van der Waals surface area contributed by atoms with Crippen LogP contribution < -0.4 is 14.3 Å². The SMILES string of the molecule is CCOC(=O)Cn1c(=NC(=O)c2cc(Cl)ccc2Cl)sc2cc(OC)c(OC)cc21. The second kappa shape index (κ2) is 9.51. The van der Waals surface area contributed by atoms with Gasteiger partial charge < -0.3 is 18.8 Å². The van der Waals surface area contributed by atoms with Gasteiger partial charge in [-0.05, 0) is 25.1 Å². The first-order valence-electron chi connectivity index (χ1n) is 8.83. The number of aromatic nitrogens is 1. The van der Waals surface area contributed by atoms with Gasteiger partial charge in [-0.25, -0.2) is 0 Å². The number of halogens is 2. The molecule has 0 spiro atoms. The van der Waals surface area contributed by atoms with Crippen molar-refractivity contribution >= 4 is 56.6 Å². The molecule has 0 bridgehead atoms. The molecule has 0 radical (unpaired) electrons. The lowest BCUT2D eigenvalue weighted by Gasteiger charge is -2.09. The van der Waals surface area contributed by atoms with Crippen LogP contribution in [0.15, 0.2) is 35.3 Å². The Morgan fingerprint density at radius 1 is 1.10 bits per heavy atom. The Hall–Kier alpha value is -2.55. The molecule has 3 rings (SSSR count). The number of fused-ring (bicyclic) bond motifs is 1. The molecule has 0 N–H and O–H groups in total. The normalized spacial score (nSPS) is 11.6. The Balaban J connectivity index is 2.20. The molecule has 30 heavy (non-hydrogen) atoms. The van der Waals surface area contributed by atoms with Crippen LogP contribution >= 0.6 is 34.5 Å². The predicted molar refractivity (Wildman–Crippen MR) is 116 cm³/mol. The first kappa shape index (κ1) is 22.1. The van der Waals surface area contributed by atoms with Gasteiger partial charge in [-0.3, -0.25) is 9.59 Å². The summed E-state index contributed by atoms with van der Waals surface area (Å²) in [5.74, 6) is -0.0336. The van der Waals surface area contributed by atoms with E-state index in [1.165, 1.54) is 37.7 Å². The van der Waals surface area contributed by atoms with Gasteiger partial charge in [-0.15, -0.1) is 0 Å². The molecule has 0 atom stereocenters. The van der Waals surface area contributed by atoms with Crippen LogP contribution in [0.4, 0.5) is 0 Å². The maximum Gasteiger partial charge on any atom is 0.326 e. The molecule has 0 aliphatic carbocycles. The molecule has 1 heterocycles. The van der Waals surface area contributed by atoms with Crippen LogP contribution in [0.2, 0.25) is 10.0 Å². The summed E-state index contributed by atoms with van der Waals surface area (Å²) in [6.45, 7) is 1.83. The number of ether oxygens (including phenoxy) is 3. The standard InChI is InChI=1S/C20H18Cl2N2O5S/c1-4-29-18(25)10-24-14-8-15(27-2)16(28-3)9-17(14)30-20(24)23-19(26)12-7-11(21)5-6-13(12)22/h5-9H,4,10H2,1-3H3. The first-order valence-corrected chi connectivity index (χ1v) is 10.4. The van der Waals surface area contributed by atoms with Gasteiger partial charge in [0.15, 0.2) is 16.3 Å². The molecule has 3 aromatic rings. The minimum Gasteiger partial charge on any atom is -0.493 e. The molecule has 1 amide bonds. The van der Waals surface area contributed by atoms with Crippen molar-refractivity contribution in [2.24, 2.45) is 4.99 Å². The van der Waals surface area contributed by atoms with Crippen molar-refractivity contribution in [1.82, 2.24) is 4.57 Å². The summed E-state index contributed by atoms with van der Waals surface area (Å²) in [7, 11) is 3.04. The molecule has 2 aromatic carbocycles. The molecule has 158 valence electrons. The molecule has 1 aromatic heterocycles. The average Bonchev–Trinajstić information content (AvgIpc) is 3.04. The molecule has 7 nitrogen and oxygen atoms in total. The van der Waals surface area contributed by atoms with Crippen molar-refractivity contribution in [3.05, 3.63) is 50.7 Å². The summed E-state index contributed by atoms with van der Waals surface area (Å²) in [6.07, 6.45) is 0. The zero-order valence-corrected chi connectivity index (χ0v) is 18.7. The van der Waals surface area contributed by atoms with Gasteiger partial charge in [0.25, 0.3) is 5.91 Å². The maximum absolute atomic E-state index is 12.8. The fourth-order valence-electron chi connectivity index (χ4n) is 2.78. The van der Waals surface area contributed by atoms with Crippen molar-refractivity contribution in [3.63, 3.8) is 0 Å². The quantitative estimate of drug-likeness (QED) is 0.503. The zero-order valence-electron chi connectivity index (χ0n) is 16.4. The van der Waals surface area contributed by atoms with E-state index in [0.29, 0.717) is 26.8 Å². The molecule has 0 saturated heterocycles. The van der Waals surface area contributed by atoms with Gasteiger partial charge in [-0.1, -0.05) is 34.5 Å². The fraction of sp³-hybridized carbons (Fsp3) is 0.250. The Morgan fingerprint density at radius 2 is 1.80 bits per heavy atom. The monoisotopic (exact) mass is 468 g/mol. The lowest BCUT2D eigenvalue weighted by molar-refractivity contribution is -0.143. The Bertz CT molecular complexity index is 1190. The molecule has 0 saturated carbocycles. The van der Waals surface area contributed by atoms with E-state index in [-0.39, 0.29) is 23.7 Å². The summed E-state index contributed by atoms with van der Waals surface area (Å²) >= 11 is 13.3. The van der Waals surface area contributed by atoms with Crippen LogP contribution in [0, 0.1) is 0 Å². The number of methoxy groups -OCH3 is 2. The van der Waals surface area contributed by atoms with Crippen molar-refractivity contribution in [2.45, 2.75) is 13.5 Å². The zero-order chi connectivity index (χ0) is 21.8. The highest BCUT2D eigenvalue weighted by Crippen LogP contribution is 2.33. The van der Waals surface area contributed by atoms with Crippen LogP contribution in [0.1, 0.15) is 17.3 Å². The largest absolute Gasteiger partial charge is 0.493 e. The van der Waals surface area contributed by atoms with Crippen molar-refractivity contribution < 1.29 is 23.8 Å². The third-order valence-corrected chi connectivity index (χ3v) is 5.74. The molecule has 0 aliphatic heterocycles. The number of esters is 1. The van der Waals surface area contributed by atoms with E-state index in [9.17, 15) is 9.59 Å². The maximum atomic E-state index is 12.8. The molecular weight excluding hydrogens is 451 g/mol. The number of amides is 1. The molecular formula is C20H18Cl2N2O5S. The van der Waals surface area contributed by atoms with E-state index in [1.807, 2.05) is 0 Å². The first-order chi connectivity index (χ1) is 14.4. The van der Waals surface area contributed by atoms with Gasteiger partial charge in [0.2, 0.25) is 0 Å². The van der Waals surface area contributed by atoms with Gasteiger partial charge in [-0.2, -0.15) is 4.99 Å². The summed E-state index contributed by atoms with van der Waals surface area (Å²) in [6, 6.07) is 8.04. The summed E-state index contributed by atoms with van der Waals surface area (Å²) in [5, 5.41) is 0.595. The highest BCUT2D eigenvalue weighted by Gasteiger charge is 2.17. The number of nitrogens with zero attached hydrogens (tertiary/aromatic N) is 2. The highest BCUT2D eigenvalue weighted by molar-refractivity contribution is 7.16. The number of carbonyl (C=O) groups is 2. The Morgan fingerprint density at radius 3 is 2.47 bits per heavy atom. The highest BCUT2D eigenvalue weighted by atomic mass is 35.5. The van der Waals surface area contributed by atoms with E-state index in [1.54, 1.807) is 29.7 Å². The van der Waals surface area contributed by atoms with E-state index in [0.717, 1.165) is 4.70 Å². The fourth-order valence-corrected chi connectivity index (χ4v) is 4.19. The Labute approximate surface area is 186 Å². The van der Waals surface area contributed by atoms with Gasteiger partial charge in [0, 0.05) is 17.2 Å². The van der Waals surface area contributed by atoms with Gasteiger partial charge in [0.1, 0.15) is 6.54 Å². The minimum absolute atomic E-state index is 0.126. The molecule has 0 unspecified atom stereocenters. The van der Waals surface area contributed by atoms with Crippen LogP contribution in [0.3, 0.4) is 0 Å². The number of rotatable bonds is 6. The number of carbonyl (C=O) groups excluding carboxylic acids is 2. The summed E-state index contributed by atoms with van der Waals surface area (Å²) < 4.78 is 18.1. The average molecular weight is 469 g/mol. The van der Waals surface area contributed by atoms with Crippen LogP contribution in [-0.4, -0.2) is 37.3 Å². The molecule has 0 aliphatic rings. The third-order valence-electron chi connectivity index (χ3n) is 4.14. The number of hydrogen-bond donors (Lipinski definition) is 0. The van der Waals surface area contributed by atoms with Crippen molar-refractivity contribution in [3.8, 4) is 11.5 Å². The van der Waals surface area contributed by atoms with E-state index >= 15 is 0 Å². The Kier molecular flexibility index (Phi) is 7.02. The van der Waals surface area contributed by atoms with E-state index < -0.39 is 11.9 Å². The van der Waals surface area contributed by atoms with E-state index in [2.05, 4.69) is 4.99 Å². The summed E-state index contributed by atoms with van der Waals surface area (Å²) in [5.41, 5.74) is 0.814. The molecule has 0 fully saturated rings. The summed E-state index contributed by atoms with van der Waals surface area (Å²) in [4.78, 5) is 29.5. The van der Waals surface area contributed by atoms with Crippen LogP contribution in [0.5, 0.6) is 11.5 Å². The predicted octanol–water partition coefficient (Wildman–Crippen LogP) is 4.33. The topological polar surface area (TPSA) is 79.1 Å². The van der Waals surface area contributed by atoms with Crippen molar-refractivity contribution in [1.29, 1.82) is 0 Å². The van der Waals surface area contributed by atoms with E-state index in [4.69, 9.17) is 37.4 Å². The second-order valence-electron chi connectivity index (χ2n) is 5.99. The lowest BCUT2D eigenvalue weighted by Crippen LogP contribution is -2.23. The van der Waals surface area contributed by atoms with Gasteiger partial charge in [0.05, 0.1) is 41.6 Å². The third kappa shape index (κ3) is 4.61. The number of thiazole rings is 1. The smallest absolute Gasteiger partial charge is 0.326 e. The van der Waals surface area contributed by atoms with Crippen molar-refractivity contribution in [2.75, 3.05) is 20.8 Å². The van der Waals surface area contributed by atoms with Crippen LogP contribution in [-0.2, 0) is 16.1 Å². The number of hydrogen-bond acceptors (Lipinski definition) is 6. The second-order valence-corrected chi connectivity index (χ2v) is 7.84. The molecule has 10 heteroatoms. The number of benzene rings is 2. The lowest BCUT2D eigenvalue weighted by atomic mass is 10.2. The van der Waals surface area contributed by atoms with Gasteiger partial charge >= 0.3 is 5.97 Å². The van der Waals surface area contributed by atoms with Crippen LogP contribution in [0.25, 0.3) is 10.2 Å². The minimum atomic E-state index is -0.578.